The number of ether oxygens (including phenoxy) is 2. The predicted molar refractivity (Wildman–Crippen MR) is 122 cm³/mol. The van der Waals surface area contributed by atoms with Crippen LogP contribution in [0.4, 0.5) is 13.2 Å². The van der Waals surface area contributed by atoms with E-state index >= 15 is 0 Å². The topological polar surface area (TPSA) is 60.4 Å². The standard InChI is InChI=1S/C25H29F3N2O4/c1-3-4-22(29-34-16-19-5-8-21(9-6-19)25(26,27)28)20-7-10-23(18(2)15-20)33-17-24(31)30-11-13-32-14-12-30/h5-10,15H,3-4,11-14,16-17H2,1-2H3/b29-22-. The fraction of sp³-hybridized carbons (Fsp3) is 0.440. The highest BCUT2D eigenvalue weighted by molar-refractivity contribution is 6.00. The number of hydrogen-bond acceptors (Lipinski definition) is 5. The fourth-order valence-electron chi connectivity index (χ4n) is 3.49. The minimum atomic E-state index is -4.37. The van der Waals surface area contributed by atoms with Gasteiger partial charge in [0, 0.05) is 13.1 Å². The Morgan fingerprint density at radius 3 is 2.44 bits per heavy atom. The Balaban J connectivity index is 1.60. The molecular weight excluding hydrogens is 449 g/mol. The third kappa shape index (κ3) is 7.21. The van der Waals surface area contributed by atoms with Crippen LogP contribution in [-0.4, -0.2) is 49.4 Å². The fourth-order valence-corrected chi connectivity index (χ4v) is 3.49. The number of hydrogen-bond donors (Lipinski definition) is 0. The van der Waals surface area contributed by atoms with Gasteiger partial charge in [0.05, 0.1) is 24.5 Å². The van der Waals surface area contributed by atoms with E-state index in [1.165, 1.54) is 12.1 Å². The number of halogens is 3. The molecule has 6 nitrogen and oxygen atoms in total. The second-order valence-electron chi connectivity index (χ2n) is 8.02. The van der Waals surface area contributed by atoms with Crippen LogP contribution in [0.2, 0.25) is 0 Å². The summed E-state index contributed by atoms with van der Waals surface area (Å²) in [5.74, 6) is 0.545. The maximum absolute atomic E-state index is 12.7. The summed E-state index contributed by atoms with van der Waals surface area (Å²) in [5, 5.41) is 4.24. The van der Waals surface area contributed by atoms with Crippen molar-refractivity contribution in [3.05, 3.63) is 64.7 Å². The first-order chi connectivity index (χ1) is 16.3. The van der Waals surface area contributed by atoms with Crippen LogP contribution in [0.1, 0.15) is 42.0 Å². The number of oxime groups is 1. The molecule has 0 aromatic heterocycles. The van der Waals surface area contributed by atoms with Crippen molar-refractivity contribution in [3.63, 3.8) is 0 Å². The first-order valence-electron chi connectivity index (χ1n) is 11.2. The molecule has 0 radical (unpaired) electrons. The third-order valence-corrected chi connectivity index (χ3v) is 5.40. The predicted octanol–water partition coefficient (Wildman–Crippen LogP) is 4.97. The zero-order valence-corrected chi connectivity index (χ0v) is 19.4. The van der Waals surface area contributed by atoms with E-state index < -0.39 is 11.7 Å². The maximum atomic E-state index is 12.7. The van der Waals surface area contributed by atoms with Crippen molar-refractivity contribution in [3.8, 4) is 5.75 Å². The maximum Gasteiger partial charge on any atom is 0.416 e. The van der Waals surface area contributed by atoms with Gasteiger partial charge in [0.25, 0.3) is 5.91 Å². The Morgan fingerprint density at radius 2 is 1.82 bits per heavy atom. The van der Waals surface area contributed by atoms with Gasteiger partial charge in [0.2, 0.25) is 0 Å². The van der Waals surface area contributed by atoms with Gasteiger partial charge >= 0.3 is 6.18 Å². The van der Waals surface area contributed by atoms with Crippen molar-refractivity contribution in [2.45, 2.75) is 39.5 Å². The lowest BCUT2D eigenvalue weighted by Gasteiger charge is -2.26. The Morgan fingerprint density at radius 1 is 1.12 bits per heavy atom. The summed E-state index contributed by atoms with van der Waals surface area (Å²) in [5.41, 5.74) is 2.35. The second-order valence-corrected chi connectivity index (χ2v) is 8.02. The summed E-state index contributed by atoms with van der Waals surface area (Å²) >= 11 is 0. The van der Waals surface area contributed by atoms with E-state index in [9.17, 15) is 18.0 Å². The monoisotopic (exact) mass is 478 g/mol. The molecular formula is C25H29F3N2O4. The average Bonchev–Trinajstić information content (AvgIpc) is 2.83. The quantitative estimate of drug-likeness (QED) is 0.377. The number of carbonyl (C=O) groups is 1. The molecule has 0 aliphatic carbocycles. The summed E-state index contributed by atoms with van der Waals surface area (Å²) in [4.78, 5) is 19.5. The molecule has 0 bridgehead atoms. The van der Waals surface area contributed by atoms with Crippen LogP contribution >= 0.6 is 0 Å². The molecule has 0 spiro atoms. The summed E-state index contributed by atoms with van der Waals surface area (Å²) in [7, 11) is 0. The molecule has 2 aromatic rings. The molecule has 2 aromatic carbocycles. The number of morpholine rings is 1. The number of rotatable bonds is 9. The first-order valence-corrected chi connectivity index (χ1v) is 11.2. The highest BCUT2D eigenvalue weighted by Crippen LogP contribution is 2.29. The van der Waals surface area contributed by atoms with Gasteiger partial charge in [-0.15, -0.1) is 0 Å². The van der Waals surface area contributed by atoms with Crippen LogP contribution in [0.5, 0.6) is 5.75 Å². The molecule has 9 heteroatoms. The largest absolute Gasteiger partial charge is 0.483 e. The van der Waals surface area contributed by atoms with E-state index in [4.69, 9.17) is 14.3 Å². The zero-order chi connectivity index (χ0) is 24.6. The van der Waals surface area contributed by atoms with Crippen LogP contribution < -0.4 is 4.74 Å². The Bertz CT molecular complexity index is 985. The lowest BCUT2D eigenvalue weighted by molar-refractivity contribution is -0.138. The van der Waals surface area contributed by atoms with E-state index in [-0.39, 0.29) is 19.1 Å². The van der Waals surface area contributed by atoms with Crippen LogP contribution in [0.25, 0.3) is 0 Å². The van der Waals surface area contributed by atoms with Crippen LogP contribution in [0, 0.1) is 6.92 Å². The molecule has 3 rings (SSSR count). The minimum Gasteiger partial charge on any atom is -0.483 e. The molecule has 1 heterocycles. The number of carbonyl (C=O) groups excluding carboxylic acids is 1. The average molecular weight is 479 g/mol. The zero-order valence-electron chi connectivity index (χ0n) is 19.4. The van der Waals surface area contributed by atoms with Gasteiger partial charge in [0.1, 0.15) is 12.4 Å². The van der Waals surface area contributed by atoms with Crippen molar-refractivity contribution in [1.29, 1.82) is 0 Å². The highest BCUT2D eigenvalue weighted by Gasteiger charge is 2.29. The van der Waals surface area contributed by atoms with E-state index in [2.05, 4.69) is 5.16 Å². The highest BCUT2D eigenvalue weighted by atomic mass is 19.4. The second kappa shape index (κ2) is 11.9. The molecule has 0 saturated carbocycles. The third-order valence-electron chi connectivity index (χ3n) is 5.40. The lowest BCUT2D eigenvalue weighted by atomic mass is 10.0. The summed E-state index contributed by atoms with van der Waals surface area (Å²) < 4.78 is 49.1. The molecule has 1 aliphatic heterocycles. The lowest BCUT2D eigenvalue weighted by Crippen LogP contribution is -2.43. The minimum absolute atomic E-state index is 0.0354. The number of nitrogens with zero attached hydrogens (tertiary/aromatic N) is 2. The Kier molecular flexibility index (Phi) is 8.92. The number of benzene rings is 2. The molecule has 1 fully saturated rings. The number of amides is 1. The van der Waals surface area contributed by atoms with Gasteiger partial charge < -0.3 is 19.2 Å². The van der Waals surface area contributed by atoms with Crippen LogP contribution in [0.15, 0.2) is 47.6 Å². The molecule has 1 aliphatic rings. The van der Waals surface area contributed by atoms with Crippen LogP contribution in [0.3, 0.4) is 0 Å². The van der Waals surface area contributed by atoms with Gasteiger partial charge in [0.15, 0.2) is 6.61 Å². The Labute approximate surface area is 197 Å². The molecule has 34 heavy (non-hydrogen) atoms. The van der Waals surface area contributed by atoms with E-state index in [1.54, 1.807) is 11.0 Å². The number of aryl methyl sites for hydroxylation is 1. The van der Waals surface area contributed by atoms with E-state index in [0.29, 0.717) is 44.0 Å². The smallest absolute Gasteiger partial charge is 0.416 e. The van der Waals surface area contributed by atoms with Gasteiger partial charge in [-0.1, -0.05) is 30.6 Å². The van der Waals surface area contributed by atoms with Gasteiger partial charge in [-0.3, -0.25) is 4.79 Å². The molecule has 1 amide bonds. The Hall–Kier alpha value is -3.07. The first kappa shape index (κ1) is 25.6. The van der Waals surface area contributed by atoms with Crippen molar-refractivity contribution < 1.29 is 32.3 Å². The summed E-state index contributed by atoms with van der Waals surface area (Å²) in [6.07, 6.45) is -2.86. The summed E-state index contributed by atoms with van der Waals surface area (Å²) in [6.45, 7) is 6.17. The molecule has 184 valence electrons. The van der Waals surface area contributed by atoms with Crippen LogP contribution in [-0.2, 0) is 27.2 Å². The molecule has 1 saturated heterocycles. The van der Waals surface area contributed by atoms with Crippen molar-refractivity contribution in [1.82, 2.24) is 4.90 Å². The normalized spacial score (nSPS) is 14.7. The van der Waals surface area contributed by atoms with Gasteiger partial charge in [-0.2, -0.15) is 13.2 Å². The van der Waals surface area contributed by atoms with E-state index in [0.717, 1.165) is 35.4 Å². The van der Waals surface area contributed by atoms with Crippen molar-refractivity contribution in [2.75, 3.05) is 32.9 Å². The summed E-state index contributed by atoms with van der Waals surface area (Å²) in [6, 6.07) is 10.4. The van der Waals surface area contributed by atoms with E-state index in [1.807, 2.05) is 26.0 Å². The molecule has 0 atom stereocenters. The van der Waals surface area contributed by atoms with Crippen molar-refractivity contribution >= 4 is 11.6 Å². The SMILES string of the molecule is CCC/C(=N/OCc1ccc(C(F)(F)F)cc1)c1ccc(OCC(=O)N2CCOCC2)c(C)c1. The molecule has 0 N–H and O–H groups in total. The molecule has 0 unspecified atom stereocenters. The van der Waals surface area contributed by atoms with Gasteiger partial charge in [-0.05, 0) is 60.4 Å². The number of alkyl halides is 3. The van der Waals surface area contributed by atoms with Crippen molar-refractivity contribution in [2.24, 2.45) is 5.16 Å². The van der Waals surface area contributed by atoms with Gasteiger partial charge in [-0.25, -0.2) is 0 Å².